The third kappa shape index (κ3) is 10.1. The maximum atomic E-state index is 12.7. The Labute approximate surface area is 211 Å². The van der Waals surface area contributed by atoms with Crippen molar-refractivity contribution < 1.29 is 23.8 Å². The average molecular weight is 491 g/mol. The van der Waals surface area contributed by atoms with E-state index < -0.39 is 11.7 Å². The second-order valence-electron chi connectivity index (χ2n) is 11.9. The number of hydrogen-bond donors (Lipinski definition) is 2. The largest absolute Gasteiger partial charge is 0.494 e. The SMILES string of the molecule is CC(C)(C)OC(=O)NCCCOCCCCCOc1ccc(C(=O)NC2C(C)(C)CC2(C)C)cc1. The number of amides is 2. The molecule has 1 saturated carbocycles. The van der Waals surface area contributed by atoms with E-state index >= 15 is 0 Å². The van der Waals surface area contributed by atoms with Crippen molar-refractivity contribution >= 4 is 12.0 Å². The molecule has 7 heteroatoms. The number of nitrogens with one attached hydrogen (secondary N) is 2. The van der Waals surface area contributed by atoms with Crippen molar-refractivity contribution in [1.29, 1.82) is 0 Å². The Morgan fingerprint density at radius 2 is 1.51 bits per heavy atom. The number of hydrogen-bond acceptors (Lipinski definition) is 5. The monoisotopic (exact) mass is 490 g/mol. The Kier molecular flexibility index (Phi) is 10.4. The number of alkyl carbamates (subject to hydrolysis) is 1. The summed E-state index contributed by atoms with van der Waals surface area (Å²) in [6, 6.07) is 7.56. The molecule has 7 nitrogen and oxygen atoms in total. The molecule has 0 aromatic heterocycles. The Bertz CT molecular complexity index is 798. The summed E-state index contributed by atoms with van der Waals surface area (Å²) in [5, 5.41) is 5.94. The lowest BCUT2D eigenvalue weighted by molar-refractivity contribution is -0.0366. The molecule has 2 amide bonds. The fourth-order valence-corrected chi connectivity index (χ4v) is 5.07. The topological polar surface area (TPSA) is 85.9 Å². The Morgan fingerprint density at radius 3 is 2.11 bits per heavy atom. The predicted octanol–water partition coefficient (Wildman–Crippen LogP) is 5.72. The minimum absolute atomic E-state index is 0.0250. The molecule has 0 unspecified atom stereocenters. The first-order chi connectivity index (χ1) is 16.3. The van der Waals surface area contributed by atoms with Crippen molar-refractivity contribution in [2.24, 2.45) is 10.8 Å². The highest BCUT2D eigenvalue weighted by molar-refractivity contribution is 5.94. The zero-order valence-electron chi connectivity index (χ0n) is 22.8. The fraction of sp³-hybridized carbons (Fsp3) is 0.714. The van der Waals surface area contributed by atoms with Crippen LogP contribution >= 0.6 is 0 Å². The lowest BCUT2D eigenvalue weighted by Gasteiger charge is -2.57. The van der Waals surface area contributed by atoms with Crippen molar-refractivity contribution in [3.63, 3.8) is 0 Å². The molecule has 1 aromatic carbocycles. The first-order valence-corrected chi connectivity index (χ1v) is 12.9. The van der Waals surface area contributed by atoms with Crippen LogP contribution in [0.3, 0.4) is 0 Å². The number of unbranched alkanes of at least 4 members (excludes halogenated alkanes) is 2. The van der Waals surface area contributed by atoms with Gasteiger partial charge in [0.05, 0.1) is 6.61 Å². The molecule has 198 valence electrons. The number of ether oxygens (including phenoxy) is 3. The molecule has 1 aliphatic rings. The molecule has 0 heterocycles. The van der Waals surface area contributed by atoms with Crippen LogP contribution in [0, 0.1) is 10.8 Å². The van der Waals surface area contributed by atoms with Gasteiger partial charge in [-0.3, -0.25) is 4.79 Å². The molecule has 2 N–H and O–H groups in total. The van der Waals surface area contributed by atoms with Crippen LogP contribution in [0.15, 0.2) is 24.3 Å². The van der Waals surface area contributed by atoms with E-state index in [-0.39, 0.29) is 22.8 Å². The maximum absolute atomic E-state index is 12.7. The van der Waals surface area contributed by atoms with Crippen LogP contribution in [-0.4, -0.2) is 50.0 Å². The number of rotatable bonds is 13. The Morgan fingerprint density at radius 1 is 0.914 bits per heavy atom. The Hall–Kier alpha value is -2.28. The van der Waals surface area contributed by atoms with E-state index in [4.69, 9.17) is 14.2 Å². The van der Waals surface area contributed by atoms with E-state index in [1.54, 1.807) is 0 Å². The van der Waals surface area contributed by atoms with Crippen LogP contribution in [-0.2, 0) is 9.47 Å². The normalized spacial score (nSPS) is 16.8. The lowest BCUT2D eigenvalue weighted by Crippen LogP contribution is -2.63. The summed E-state index contributed by atoms with van der Waals surface area (Å²) in [5.41, 5.74) is 0.446. The van der Waals surface area contributed by atoms with Gasteiger partial charge in [0.1, 0.15) is 11.4 Å². The van der Waals surface area contributed by atoms with Crippen LogP contribution in [0.1, 0.15) is 90.9 Å². The van der Waals surface area contributed by atoms with Crippen LogP contribution in [0.2, 0.25) is 0 Å². The van der Waals surface area contributed by atoms with Crippen molar-refractivity contribution in [3.05, 3.63) is 29.8 Å². The third-order valence-electron chi connectivity index (χ3n) is 6.20. The van der Waals surface area contributed by atoms with Crippen molar-refractivity contribution in [2.75, 3.05) is 26.4 Å². The van der Waals surface area contributed by atoms with Crippen LogP contribution in [0.5, 0.6) is 5.75 Å². The van der Waals surface area contributed by atoms with Gasteiger partial charge in [0.25, 0.3) is 5.91 Å². The lowest BCUT2D eigenvalue weighted by atomic mass is 9.52. The van der Waals surface area contributed by atoms with Gasteiger partial charge >= 0.3 is 6.09 Å². The molecule has 1 aromatic rings. The molecule has 0 saturated heterocycles. The van der Waals surface area contributed by atoms with Gasteiger partial charge in [0.2, 0.25) is 0 Å². The van der Waals surface area contributed by atoms with Gasteiger partial charge in [0.15, 0.2) is 0 Å². The van der Waals surface area contributed by atoms with Crippen LogP contribution < -0.4 is 15.4 Å². The summed E-state index contributed by atoms with van der Waals surface area (Å²) >= 11 is 0. The predicted molar refractivity (Wildman–Crippen MR) is 139 cm³/mol. The molecule has 0 atom stereocenters. The minimum Gasteiger partial charge on any atom is -0.494 e. The summed E-state index contributed by atoms with van der Waals surface area (Å²) in [7, 11) is 0. The molecule has 1 fully saturated rings. The summed E-state index contributed by atoms with van der Waals surface area (Å²) in [6.07, 6.45) is 4.40. The maximum Gasteiger partial charge on any atom is 0.407 e. The summed E-state index contributed by atoms with van der Waals surface area (Å²) in [6.45, 7) is 16.8. The third-order valence-corrected chi connectivity index (χ3v) is 6.20. The van der Waals surface area contributed by atoms with Crippen LogP contribution in [0.25, 0.3) is 0 Å². The van der Waals surface area contributed by atoms with Gasteiger partial charge in [0, 0.05) is 31.4 Å². The smallest absolute Gasteiger partial charge is 0.407 e. The summed E-state index contributed by atoms with van der Waals surface area (Å²) < 4.78 is 16.6. The second kappa shape index (κ2) is 12.6. The van der Waals surface area contributed by atoms with Gasteiger partial charge in [-0.1, -0.05) is 27.7 Å². The molecule has 1 aliphatic carbocycles. The van der Waals surface area contributed by atoms with E-state index in [0.29, 0.717) is 31.9 Å². The number of benzene rings is 1. The average Bonchev–Trinajstić information content (AvgIpc) is 2.74. The van der Waals surface area contributed by atoms with Crippen molar-refractivity contribution in [3.8, 4) is 5.75 Å². The highest BCUT2D eigenvalue weighted by atomic mass is 16.6. The fourth-order valence-electron chi connectivity index (χ4n) is 5.07. The van der Waals surface area contributed by atoms with E-state index in [2.05, 4.69) is 38.3 Å². The molecule has 0 radical (unpaired) electrons. The van der Waals surface area contributed by atoms with Gasteiger partial charge in [-0.15, -0.1) is 0 Å². The molecule has 2 rings (SSSR count). The molecule has 0 bridgehead atoms. The second-order valence-corrected chi connectivity index (χ2v) is 11.9. The molecule has 35 heavy (non-hydrogen) atoms. The number of carbonyl (C=O) groups excluding carboxylic acids is 2. The first kappa shape index (κ1) is 29.0. The quantitative estimate of drug-likeness (QED) is 0.345. The van der Waals surface area contributed by atoms with E-state index in [1.807, 2.05) is 45.0 Å². The van der Waals surface area contributed by atoms with Crippen LogP contribution in [0.4, 0.5) is 4.79 Å². The molecule has 0 aliphatic heterocycles. The zero-order valence-corrected chi connectivity index (χ0v) is 22.8. The van der Waals surface area contributed by atoms with Gasteiger partial charge in [-0.25, -0.2) is 4.79 Å². The van der Waals surface area contributed by atoms with Gasteiger partial charge in [-0.2, -0.15) is 0 Å². The zero-order chi connectivity index (χ0) is 26.1. The molecular weight excluding hydrogens is 444 g/mol. The minimum atomic E-state index is -0.478. The van der Waals surface area contributed by atoms with Crippen molar-refractivity contribution in [1.82, 2.24) is 10.6 Å². The standard InChI is InChI=1S/C28H46N2O5/c1-26(2,3)35-25(32)29-16-11-18-33-17-9-8-10-19-34-22-14-12-21(13-15-22)23(31)30-24-27(4,5)20-28(24,6)7/h12-15,24H,8-11,16-20H2,1-7H3,(H,29,32)(H,30,31). The molecule has 0 spiro atoms. The highest BCUT2D eigenvalue weighted by Crippen LogP contribution is 2.53. The van der Waals surface area contributed by atoms with E-state index in [1.165, 1.54) is 0 Å². The summed E-state index contributed by atoms with van der Waals surface area (Å²) in [5.74, 6) is 0.752. The highest BCUT2D eigenvalue weighted by Gasteiger charge is 2.53. The molecular formula is C28H46N2O5. The Balaban J connectivity index is 1.51. The first-order valence-electron chi connectivity index (χ1n) is 12.9. The van der Waals surface area contributed by atoms with Crippen molar-refractivity contribution in [2.45, 2.75) is 92.2 Å². The van der Waals surface area contributed by atoms with E-state index in [9.17, 15) is 9.59 Å². The van der Waals surface area contributed by atoms with E-state index in [0.717, 1.165) is 37.9 Å². The number of carbonyl (C=O) groups is 2. The van der Waals surface area contributed by atoms with Gasteiger partial charge < -0.3 is 24.8 Å². The van der Waals surface area contributed by atoms with Gasteiger partial charge in [-0.05, 0) is 88.0 Å². The summed E-state index contributed by atoms with van der Waals surface area (Å²) in [4.78, 5) is 24.2.